The number of nitrogens with two attached hydrogens (primary N) is 1. The highest BCUT2D eigenvalue weighted by atomic mass is 19.1. The van der Waals surface area contributed by atoms with Gasteiger partial charge in [-0.15, -0.1) is 0 Å². The average molecular weight is 321 g/mol. The molecule has 1 aromatic rings. The third kappa shape index (κ3) is 4.43. The minimum atomic E-state index is -0.806. The van der Waals surface area contributed by atoms with Gasteiger partial charge in [-0.25, -0.2) is 9.18 Å². The van der Waals surface area contributed by atoms with Crippen LogP contribution in [-0.2, 0) is 4.79 Å². The van der Waals surface area contributed by atoms with Crippen molar-refractivity contribution in [2.24, 2.45) is 17.1 Å². The van der Waals surface area contributed by atoms with Gasteiger partial charge in [-0.3, -0.25) is 4.79 Å². The lowest BCUT2D eigenvalue weighted by molar-refractivity contribution is -0.125. The average Bonchev–Trinajstić information content (AvgIpc) is 2.43. The summed E-state index contributed by atoms with van der Waals surface area (Å²) in [7, 11) is 0. The van der Waals surface area contributed by atoms with Crippen molar-refractivity contribution < 1.29 is 14.0 Å². The van der Waals surface area contributed by atoms with Crippen LogP contribution in [0.1, 0.15) is 44.7 Å². The monoisotopic (exact) mass is 321 g/mol. The first kappa shape index (κ1) is 17.2. The largest absolute Gasteiger partial charge is 0.369 e. The Hall–Kier alpha value is -2.11. The fraction of sp³-hybridized carbons (Fsp3) is 0.529. The van der Waals surface area contributed by atoms with Crippen molar-refractivity contribution in [1.29, 1.82) is 0 Å². The molecule has 1 fully saturated rings. The zero-order valence-electron chi connectivity index (χ0n) is 13.6. The van der Waals surface area contributed by atoms with Crippen molar-refractivity contribution in [2.45, 2.75) is 39.2 Å². The van der Waals surface area contributed by atoms with Gasteiger partial charge in [0.2, 0.25) is 5.91 Å². The second-order valence-corrected chi connectivity index (χ2v) is 6.80. The van der Waals surface area contributed by atoms with Crippen molar-refractivity contribution in [3.05, 3.63) is 35.6 Å². The Labute approximate surface area is 135 Å². The van der Waals surface area contributed by atoms with E-state index in [4.69, 9.17) is 5.73 Å². The Kier molecular flexibility index (Phi) is 5.23. The van der Waals surface area contributed by atoms with E-state index in [0.717, 1.165) is 24.8 Å². The van der Waals surface area contributed by atoms with Crippen LogP contribution >= 0.6 is 0 Å². The van der Waals surface area contributed by atoms with Gasteiger partial charge in [0.25, 0.3) is 0 Å². The molecule has 4 N–H and O–H groups in total. The summed E-state index contributed by atoms with van der Waals surface area (Å²) in [6.45, 7) is 3.52. The molecule has 1 aliphatic rings. The molecule has 0 aliphatic heterocycles. The number of carbonyl (C=O) groups is 2. The lowest BCUT2D eigenvalue weighted by Crippen LogP contribution is -2.47. The topological polar surface area (TPSA) is 84.2 Å². The molecule has 126 valence electrons. The zero-order valence-corrected chi connectivity index (χ0v) is 13.6. The van der Waals surface area contributed by atoms with Gasteiger partial charge in [0.1, 0.15) is 5.82 Å². The van der Waals surface area contributed by atoms with Crippen LogP contribution in [-0.4, -0.2) is 18.5 Å². The molecule has 5 nitrogen and oxygen atoms in total. The van der Waals surface area contributed by atoms with E-state index in [-0.39, 0.29) is 24.4 Å². The summed E-state index contributed by atoms with van der Waals surface area (Å²) in [5.74, 6) is -0.406. The molecule has 1 saturated carbocycles. The van der Waals surface area contributed by atoms with E-state index in [1.807, 2.05) is 0 Å². The molecule has 0 heterocycles. The van der Waals surface area contributed by atoms with Gasteiger partial charge in [0, 0.05) is 6.54 Å². The predicted molar refractivity (Wildman–Crippen MR) is 86.0 cm³/mol. The smallest absolute Gasteiger partial charge is 0.315 e. The summed E-state index contributed by atoms with van der Waals surface area (Å²) < 4.78 is 13.1. The van der Waals surface area contributed by atoms with E-state index in [1.165, 1.54) is 12.1 Å². The van der Waals surface area contributed by atoms with Gasteiger partial charge in [-0.2, -0.15) is 0 Å². The van der Waals surface area contributed by atoms with E-state index in [2.05, 4.69) is 10.6 Å². The Morgan fingerprint density at radius 1 is 1.30 bits per heavy atom. The number of amides is 3. The minimum absolute atomic E-state index is 0.152. The molecule has 0 radical (unpaired) electrons. The van der Waals surface area contributed by atoms with Crippen molar-refractivity contribution in [3.63, 3.8) is 0 Å². The Bertz CT molecular complexity index is 568. The van der Waals surface area contributed by atoms with E-state index in [0.29, 0.717) is 5.92 Å². The molecule has 3 amide bonds. The molecule has 0 spiro atoms. The highest BCUT2D eigenvalue weighted by Gasteiger charge is 2.31. The second-order valence-electron chi connectivity index (χ2n) is 6.80. The number of halogens is 1. The number of carbonyl (C=O) groups excluding carboxylic acids is 2. The third-order valence-corrected chi connectivity index (χ3v) is 4.49. The number of benzene rings is 1. The maximum Gasteiger partial charge on any atom is 0.315 e. The minimum Gasteiger partial charge on any atom is -0.369 e. The van der Waals surface area contributed by atoms with Crippen LogP contribution in [0.15, 0.2) is 24.3 Å². The van der Waals surface area contributed by atoms with Crippen LogP contribution in [0.5, 0.6) is 0 Å². The van der Waals surface area contributed by atoms with E-state index < -0.39 is 11.3 Å². The third-order valence-electron chi connectivity index (χ3n) is 4.49. The maximum absolute atomic E-state index is 13.1. The van der Waals surface area contributed by atoms with E-state index in [1.54, 1.807) is 26.0 Å². The molecule has 6 heteroatoms. The Morgan fingerprint density at radius 2 is 1.91 bits per heavy atom. The molecule has 0 unspecified atom stereocenters. The van der Waals surface area contributed by atoms with Crippen LogP contribution in [0.3, 0.4) is 0 Å². The first-order chi connectivity index (χ1) is 10.8. The molecule has 0 aromatic heterocycles. The fourth-order valence-electron chi connectivity index (χ4n) is 2.50. The Morgan fingerprint density at radius 3 is 2.39 bits per heavy atom. The Balaban J connectivity index is 1.99. The summed E-state index contributed by atoms with van der Waals surface area (Å²) >= 11 is 0. The van der Waals surface area contributed by atoms with Crippen molar-refractivity contribution in [1.82, 2.24) is 10.6 Å². The molecule has 0 bridgehead atoms. The summed E-state index contributed by atoms with van der Waals surface area (Å²) in [5, 5.41) is 5.64. The van der Waals surface area contributed by atoms with Gasteiger partial charge in [0.15, 0.2) is 0 Å². The van der Waals surface area contributed by atoms with E-state index >= 15 is 0 Å². The standard InChI is InChI=1S/C17H24FN3O2/c1-17(2,15(19)22)10-20-16(23)21-14(11-4-3-5-11)12-6-8-13(18)9-7-12/h6-9,11,14H,3-5,10H2,1-2H3,(H2,19,22)(H2,20,21,23)/t14-/m0/s1. The van der Waals surface area contributed by atoms with Crippen molar-refractivity contribution in [3.8, 4) is 0 Å². The molecule has 2 rings (SSSR count). The van der Waals surface area contributed by atoms with Crippen LogP contribution in [0.2, 0.25) is 0 Å². The quantitative estimate of drug-likeness (QED) is 0.752. The SMILES string of the molecule is CC(C)(CNC(=O)N[C@H](c1ccc(F)cc1)C1CCC1)C(N)=O. The van der Waals surface area contributed by atoms with Gasteiger partial charge in [0.05, 0.1) is 11.5 Å². The molecular weight excluding hydrogens is 297 g/mol. The normalized spacial score (nSPS) is 16.3. The summed E-state index contributed by atoms with van der Waals surface area (Å²) in [4.78, 5) is 23.4. The highest BCUT2D eigenvalue weighted by Crippen LogP contribution is 2.37. The van der Waals surface area contributed by atoms with E-state index in [9.17, 15) is 14.0 Å². The summed E-state index contributed by atoms with van der Waals surface area (Å²) in [5.41, 5.74) is 5.38. The predicted octanol–water partition coefficient (Wildman–Crippen LogP) is 2.48. The maximum atomic E-state index is 13.1. The fourth-order valence-corrected chi connectivity index (χ4v) is 2.50. The second kappa shape index (κ2) is 6.98. The van der Waals surface area contributed by atoms with Crippen LogP contribution in [0, 0.1) is 17.2 Å². The number of urea groups is 1. The molecule has 23 heavy (non-hydrogen) atoms. The first-order valence-corrected chi connectivity index (χ1v) is 7.89. The summed E-state index contributed by atoms with van der Waals surface area (Å²) in [6.07, 6.45) is 3.21. The number of hydrogen-bond donors (Lipinski definition) is 3. The number of primary amides is 1. The number of hydrogen-bond acceptors (Lipinski definition) is 2. The van der Waals surface area contributed by atoms with Crippen LogP contribution in [0.4, 0.5) is 9.18 Å². The molecule has 0 saturated heterocycles. The summed E-state index contributed by atoms with van der Waals surface area (Å²) in [6, 6.07) is 5.70. The highest BCUT2D eigenvalue weighted by molar-refractivity contribution is 5.81. The van der Waals surface area contributed by atoms with Crippen LogP contribution < -0.4 is 16.4 Å². The van der Waals surface area contributed by atoms with Gasteiger partial charge in [-0.1, -0.05) is 18.6 Å². The first-order valence-electron chi connectivity index (χ1n) is 7.89. The number of rotatable bonds is 6. The van der Waals surface area contributed by atoms with Crippen LogP contribution in [0.25, 0.3) is 0 Å². The molecular formula is C17H24FN3O2. The van der Waals surface area contributed by atoms with Gasteiger partial charge in [-0.05, 0) is 50.3 Å². The van der Waals surface area contributed by atoms with Crippen molar-refractivity contribution in [2.75, 3.05) is 6.54 Å². The molecule has 1 aliphatic carbocycles. The van der Waals surface area contributed by atoms with Gasteiger partial charge < -0.3 is 16.4 Å². The molecule has 1 atom stereocenters. The van der Waals surface area contributed by atoms with Gasteiger partial charge >= 0.3 is 6.03 Å². The van der Waals surface area contributed by atoms with Crippen molar-refractivity contribution >= 4 is 11.9 Å². The molecule has 1 aromatic carbocycles. The lowest BCUT2D eigenvalue weighted by atomic mass is 9.77. The lowest BCUT2D eigenvalue weighted by Gasteiger charge is -2.35. The number of nitrogens with one attached hydrogen (secondary N) is 2. The zero-order chi connectivity index (χ0) is 17.0.